The van der Waals surface area contributed by atoms with Gasteiger partial charge in [0, 0.05) is 0 Å². The van der Waals surface area contributed by atoms with Crippen LogP contribution in [-0.2, 0) is 0 Å². The molecule has 0 fully saturated rings. The molecule has 4 unspecified atom stereocenters. The van der Waals surface area contributed by atoms with E-state index < -0.39 is 0 Å². The Hall–Kier alpha value is -1.56. The zero-order chi connectivity index (χ0) is 18.1. The zero-order valence-corrected chi connectivity index (χ0v) is 16.6. The monoisotopic (exact) mass is 336 g/mol. The lowest BCUT2D eigenvalue weighted by atomic mass is 9.77. The van der Waals surface area contributed by atoms with Gasteiger partial charge in [-0.25, -0.2) is 0 Å². The second kappa shape index (κ2) is 10.4. The highest BCUT2D eigenvalue weighted by atomic mass is 14.3. The van der Waals surface area contributed by atoms with E-state index in [1.54, 1.807) is 0 Å². The van der Waals surface area contributed by atoms with Gasteiger partial charge in [-0.05, 0) is 54.1 Å². The van der Waals surface area contributed by atoms with Gasteiger partial charge in [0.05, 0.1) is 0 Å². The summed E-state index contributed by atoms with van der Waals surface area (Å²) in [6.07, 6.45) is 6.40. The van der Waals surface area contributed by atoms with Gasteiger partial charge >= 0.3 is 0 Å². The Kier molecular flexibility index (Phi) is 8.25. The minimum absolute atomic E-state index is 0.658. The van der Waals surface area contributed by atoms with E-state index in [1.807, 2.05) is 0 Å². The summed E-state index contributed by atoms with van der Waals surface area (Å²) in [6, 6.07) is 22.4. The van der Waals surface area contributed by atoms with Crippen molar-refractivity contribution in [3.63, 3.8) is 0 Å². The van der Waals surface area contributed by atoms with Gasteiger partial charge in [-0.1, -0.05) is 101 Å². The van der Waals surface area contributed by atoms with Crippen LogP contribution in [0.15, 0.2) is 60.7 Å². The molecule has 2 aromatic rings. The first-order valence-electron chi connectivity index (χ1n) is 10.2. The third-order valence-corrected chi connectivity index (χ3v) is 5.88. The second-order valence-electron chi connectivity index (χ2n) is 7.95. The second-order valence-corrected chi connectivity index (χ2v) is 7.95. The fraction of sp³-hybridized carbons (Fsp3) is 0.520. The fourth-order valence-electron chi connectivity index (χ4n) is 3.84. The highest BCUT2D eigenvalue weighted by Gasteiger charge is 2.22. The van der Waals surface area contributed by atoms with Crippen molar-refractivity contribution in [3.05, 3.63) is 71.8 Å². The molecule has 25 heavy (non-hydrogen) atoms. The first-order valence-corrected chi connectivity index (χ1v) is 10.2. The summed E-state index contributed by atoms with van der Waals surface area (Å²) in [6.45, 7) is 9.45. The zero-order valence-electron chi connectivity index (χ0n) is 16.6. The van der Waals surface area contributed by atoms with Crippen molar-refractivity contribution >= 4 is 0 Å². The molecule has 0 heterocycles. The number of hydrogen-bond donors (Lipinski definition) is 0. The summed E-state index contributed by atoms with van der Waals surface area (Å²) in [4.78, 5) is 0. The lowest BCUT2D eigenvalue weighted by Crippen LogP contribution is -2.12. The number of benzene rings is 2. The minimum atomic E-state index is 0.658. The molecule has 2 rings (SSSR count). The maximum Gasteiger partial charge on any atom is -0.0154 e. The summed E-state index contributed by atoms with van der Waals surface area (Å²) in [5, 5.41) is 0. The number of rotatable bonds is 10. The van der Waals surface area contributed by atoms with Crippen LogP contribution >= 0.6 is 0 Å². The Morgan fingerprint density at radius 1 is 0.560 bits per heavy atom. The van der Waals surface area contributed by atoms with Gasteiger partial charge in [-0.15, -0.1) is 0 Å². The third kappa shape index (κ3) is 6.34. The van der Waals surface area contributed by atoms with Crippen LogP contribution in [0.5, 0.6) is 0 Å². The molecule has 0 saturated carbocycles. The summed E-state index contributed by atoms with van der Waals surface area (Å²) < 4.78 is 0. The Balaban J connectivity index is 2.24. The predicted molar refractivity (Wildman–Crippen MR) is 111 cm³/mol. The molecular weight excluding hydrogens is 300 g/mol. The molecule has 0 radical (unpaired) electrons. The highest BCUT2D eigenvalue weighted by Crippen LogP contribution is 2.38. The van der Waals surface area contributed by atoms with Crippen molar-refractivity contribution < 1.29 is 0 Å². The Labute approximate surface area is 155 Å². The molecule has 0 N–H and O–H groups in total. The van der Waals surface area contributed by atoms with Crippen LogP contribution in [0.1, 0.15) is 82.8 Å². The first-order chi connectivity index (χ1) is 12.1. The Morgan fingerprint density at radius 2 is 0.920 bits per heavy atom. The maximum absolute atomic E-state index is 2.40. The minimum Gasteiger partial charge on any atom is -0.0651 e. The van der Waals surface area contributed by atoms with E-state index in [9.17, 15) is 0 Å². The molecule has 0 aliphatic rings. The molecule has 4 atom stereocenters. The molecule has 0 spiro atoms. The third-order valence-electron chi connectivity index (χ3n) is 5.88. The predicted octanol–water partition coefficient (Wildman–Crippen LogP) is 7.82. The van der Waals surface area contributed by atoms with Gasteiger partial charge in [-0.3, -0.25) is 0 Å². The van der Waals surface area contributed by atoms with E-state index in [4.69, 9.17) is 0 Å². The van der Waals surface area contributed by atoms with Crippen LogP contribution < -0.4 is 0 Å². The lowest BCUT2D eigenvalue weighted by molar-refractivity contribution is 0.374. The standard InChI is InChI=1S/C25H36/c1-5-20(3)17-24(22-13-9-7-10-14-22)19-25(18-21(4)6-2)23-15-11-8-12-16-23/h7-16,20-21,24-25H,5-6,17-19H2,1-4H3. The van der Waals surface area contributed by atoms with E-state index in [0.717, 1.165) is 11.8 Å². The quantitative estimate of drug-likeness (QED) is 0.415. The van der Waals surface area contributed by atoms with Gasteiger partial charge in [0.1, 0.15) is 0 Å². The van der Waals surface area contributed by atoms with Crippen molar-refractivity contribution in [2.45, 2.75) is 71.6 Å². The maximum atomic E-state index is 2.40. The van der Waals surface area contributed by atoms with Crippen LogP contribution in [0.3, 0.4) is 0 Å². The molecule has 136 valence electrons. The molecule has 0 amide bonds. The van der Waals surface area contributed by atoms with Gasteiger partial charge < -0.3 is 0 Å². The summed E-state index contributed by atoms with van der Waals surface area (Å²) in [5.41, 5.74) is 3.04. The van der Waals surface area contributed by atoms with E-state index in [2.05, 4.69) is 88.4 Å². The average Bonchev–Trinajstić information content (AvgIpc) is 2.67. The van der Waals surface area contributed by atoms with E-state index in [0.29, 0.717) is 11.8 Å². The van der Waals surface area contributed by atoms with Gasteiger partial charge in [0.2, 0.25) is 0 Å². The Morgan fingerprint density at radius 3 is 1.24 bits per heavy atom. The smallest absolute Gasteiger partial charge is 0.0154 e. The topological polar surface area (TPSA) is 0 Å². The van der Waals surface area contributed by atoms with Crippen molar-refractivity contribution in [2.75, 3.05) is 0 Å². The molecule has 0 aliphatic heterocycles. The van der Waals surface area contributed by atoms with E-state index in [1.165, 1.54) is 43.2 Å². The van der Waals surface area contributed by atoms with E-state index in [-0.39, 0.29) is 0 Å². The van der Waals surface area contributed by atoms with Crippen molar-refractivity contribution in [1.82, 2.24) is 0 Å². The molecule has 0 aliphatic carbocycles. The first kappa shape index (κ1) is 19.8. The van der Waals surface area contributed by atoms with Crippen LogP contribution in [0.25, 0.3) is 0 Å². The normalized spacial score (nSPS) is 16.2. The van der Waals surface area contributed by atoms with Crippen molar-refractivity contribution in [1.29, 1.82) is 0 Å². The number of hydrogen-bond acceptors (Lipinski definition) is 0. The average molecular weight is 337 g/mol. The van der Waals surface area contributed by atoms with E-state index >= 15 is 0 Å². The fourth-order valence-corrected chi connectivity index (χ4v) is 3.84. The van der Waals surface area contributed by atoms with Gasteiger partial charge in [-0.2, -0.15) is 0 Å². The summed E-state index contributed by atoms with van der Waals surface area (Å²) >= 11 is 0. The summed E-state index contributed by atoms with van der Waals surface area (Å²) in [7, 11) is 0. The van der Waals surface area contributed by atoms with Crippen LogP contribution in [0, 0.1) is 11.8 Å². The van der Waals surface area contributed by atoms with Gasteiger partial charge in [0.15, 0.2) is 0 Å². The highest BCUT2D eigenvalue weighted by molar-refractivity contribution is 5.24. The largest absolute Gasteiger partial charge is 0.0651 e. The van der Waals surface area contributed by atoms with Crippen molar-refractivity contribution in [3.8, 4) is 0 Å². The molecule has 0 heteroatoms. The van der Waals surface area contributed by atoms with Crippen LogP contribution in [-0.4, -0.2) is 0 Å². The molecule has 0 saturated heterocycles. The Bertz CT molecular complexity index is 518. The van der Waals surface area contributed by atoms with Crippen molar-refractivity contribution in [2.24, 2.45) is 11.8 Å². The van der Waals surface area contributed by atoms with Crippen LogP contribution in [0.2, 0.25) is 0 Å². The van der Waals surface area contributed by atoms with Gasteiger partial charge in [0.25, 0.3) is 0 Å². The summed E-state index contributed by atoms with van der Waals surface area (Å²) in [5.74, 6) is 2.88. The lowest BCUT2D eigenvalue weighted by Gasteiger charge is -2.28. The van der Waals surface area contributed by atoms with Crippen LogP contribution in [0.4, 0.5) is 0 Å². The molecular formula is C25H36. The molecule has 2 aromatic carbocycles. The molecule has 0 nitrogen and oxygen atoms in total. The SMILES string of the molecule is CCC(C)CC(CC(CC(C)CC)c1ccccc1)c1ccccc1. The molecule has 0 bridgehead atoms. The molecule has 0 aromatic heterocycles.